The van der Waals surface area contributed by atoms with Crippen molar-refractivity contribution < 1.29 is 5.11 Å². The average molecular weight is 467 g/mol. The summed E-state index contributed by atoms with van der Waals surface area (Å²) in [5.74, 6) is 2.39. The fourth-order valence-electron chi connectivity index (χ4n) is 7.34. The first kappa shape index (κ1) is 22.3. The van der Waals surface area contributed by atoms with Crippen molar-refractivity contribution >= 4 is 11.9 Å². The zero-order valence-corrected chi connectivity index (χ0v) is 20.9. The van der Waals surface area contributed by atoms with Crippen LogP contribution in [-0.2, 0) is 6.42 Å². The van der Waals surface area contributed by atoms with E-state index in [0.29, 0.717) is 23.5 Å². The number of aryl methyl sites for hydroxylation is 2. The van der Waals surface area contributed by atoms with Crippen LogP contribution in [0.3, 0.4) is 0 Å². The van der Waals surface area contributed by atoms with Gasteiger partial charge in [-0.1, -0.05) is 31.2 Å². The number of benzene rings is 2. The van der Waals surface area contributed by atoms with Crippen LogP contribution in [0.15, 0.2) is 58.7 Å². The molecular weight excluding hydrogens is 432 g/mol. The van der Waals surface area contributed by atoms with Crippen LogP contribution in [0.2, 0.25) is 0 Å². The third kappa shape index (κ3) is 3.64. The lowest BCUT2D eigenvalue weighted by Gasteiger charge is -2.49. The number of rotatable bonds is 3. The van der Waals surface area contributed by atoms with Crippen LogP contribution in [0, 0.1) is 31.1 Å². The summed E-state index contributed by atoms with van der Waals surface area (Å²) in [6.45, 7) is 6.57. The van der Waals surface area contributed by atoms with Crippen molar-refractivity contribution in [3.8, 4) is 11.4 Å². The molecular formula is C30H34N4O. The molecule has 180 valence electrons. The van der Waals surface area contributed by atoms with Gasteiger partial charge in [-0.3, -0.25) is 0 Å². The summed E-state index contributed by atoms with van der Waals surface area (Å²) < 4.78 is 1.98. The maximum Gasteiger partial charge on any atom is 0.115 e. The summed E-state index contributed by atoms with van der Waals surface area (Å²) >= 11 is 0. The van der Waals surface area contributed by atoms with Crippen molar-refractivity contribution in [3.05, 3.63) is 76.6 Å². The summed E-state index contributed by atoms with van der Waals surface area (Å²) in [6, 6.07) is 16.3. The number of hydrogen-bond acceptors (Lipinski definition) is 4. The SMILES string of the molecule is Cc1nn(-c2ccccc2)c(C)c1/C=N\N=C1\CC[C@H]2[C@H]3CCc4cc(O)ccc4[C@@H]3CC[C@@]12C. The standard InChI is InChI=1S/C30H34N4O/c1-19-27(20(2)34(33-19)22-7-5-4-6-8-22)18-31-32-29-14-13-28-26-11-9-21-17-23(35)10-12-24(21)25(26)15-16-30(28,29)3/h4-8,10,12,17-18,25-26,28,35H,9,11,13-16H2,1-3H3/b31-18-,32-29-/t25-,26-,28-,30+/m0/s1. The molecule has 5 heteroatoms. The maximum atomic E-state index is 9.93. The Morgan fingerprint density at radius 2 is 1.89 bits per heavy atom. The molecule has 0 bridgehead atoms. The van der Waals surface area contributed by atoms with Gasteiger partial charge < -0.3 is 5.11 Å². The second kappa shape index (κ2) is 8.47. The Hall–Kier alpha value is -3.21. The summed E-state index contributed by atoms with van der Waals surface area (Å²) in [6.07, 6.45) is 8.81. The van der Waals surface area contributed by atoms with Crippen molar-refractivity contribution in [1.29, 1.82) is 0 Å². The van der Waals surface area contributed by atoms with Crippen LogP contribution in [-0.4, -0.2) is 26.8 Å². The Labute approximate surface area is 207 Å². The molecule has 3 aliphatic carbocycles. The molecule has 5 nitrogen and oxygen atoms in total. The number of phenolic OH excluding ortho intramolecular Hbond substituents is 1. The first-order valence-corrected chi connectivity index (χ1v) is 13.0. The second-order valence-corrected chi connectivity index (χ2v) is 10.9. The summed E-state index contributed by atoms with van der Waals surface area (Å²) in [5.41, 5.74) is 8.42. The molecule has 0 saturated heterocycles. The number of para-hydroxylation sites is 1. The monoisotopic (exact) mass is 466 g/mol. The molecule has 4 atom stereocenters. The molecule has 0 aliphatic heterocycles. The molecule has 3 aliphatic rings. The first-order chi connectivity index (χ1) is 17.0. The predicted octanol–water partition coefficient (Wildman–Crippen LogP) is 6.53. The maximum absolute atomic E-state index is 9.93. The summed E-state index contributed by atoms with van der Waals surface area (Å²) in [4.78, 5) is 0. The Morgan fingerprint density at radius 3 is 2.71 bits per heavy atom. The van der Waals surface area contributed by atoms with Crippen LogP contribution in [0.1, 0.15) is 73.0 Å². The van der Waals surface area contributed by atoms with Gasteiger partial charge in [-0.25, -0.2) is 4.68 Å². The third-order valence-corrected chi connectivity index (χ3v) is 9.16. The fourth-order valence-corrected chi connectivity index (χ4v) is 7.34. The topological polar surface area (TPSA) is 62.8 Å². The molecule has 1 heterocycles. The van der Waals surface area contributed by atoms with E-state index in [1.165, 1.54) is 36.1 Å². The van der Waals surface area contributed by atoms with Crippen molar-refractivity contribution in [3.63, 3.8) is 0 Å². The number of hydrogen-bond donors (Lipinski definition) is 1. The van der Waals surface area contributed by atoms with E-state index in [1.807, 2.05) is 48.2 Å². The summed E-state index contributed by atoms with van der Waals surface area (Å²) in [5, 5.41) is 24.1. The zero-order valence-electron chi connectivity index (χ0n) is 20.9. The Kier molecular flexibility index (Phi) is 5.39. The Bertz CT molecular complexity index is 1320. The molecule has 2 aromatic carbocycles. The lowest BCUT2D eigenvalue weighted by molar-refractivity contribution is 0.0955. The van der Waals surface area contributed by atoms with Crippen LogP contribution >= 0.6 is 0 Å². The van der Waals surface area contributed by atoms with E-state index >= 15 is 0 Å². The molecule has 1 aromatic heterocycles. The minimum atomic E-state index is 0.144. The molecule has 2 fully saturated rings. The molecule has 0 amide bonds. The van der Waals surface area contributed by atoms with Crippen molar-refractivity contribution in [2.45, 2.75) is 65.2 Å². The highest BCUT2D eigenvalue weighted by atomic mass is 16.3. The highest BCUT2D eigenvalue weighted by Gasteiger charge is 2.53. The predicted molar refractivity (Wildman–Crippen MR) is 141 cm³/mol. The Balaban J connectivity index is 1.24. The number of nitrogens with zero attached hydrogens (tertiary/aromatic N) is 4. The smallest absolute Gasteiger partial charge is 0.115 e. The van der Waals surface area contributed by atoms with Crippen LogP contribution in [0.5, 0.6) is 5.75 Å². The average Bonchev–Trinajstić information content (AvgIpc) is 3.35. The molecule has 0 spiro atoms. The van der Waals surface area contributed by atoms with Gasteiger partial charge in [0.15, 0.2) is 0 Å². The van der Waals surface area contributed by atoms with Gasteiger partial charge in [0.1, 0.15) is 5.75 Å². The summed E-state index contributed by atoms with van der Waals surface area (Å²) in [7, 11) is 0. The van der Waals surface area contributed by atoms with Crippen molar-refractivity contribution in [2.24, 2.45) is 27.5 Å². The molecule has 35 heavy (non-hydrogen) atoms. The van der Waals surface area contributed by atoms with Crippen molar-refractivity contribution in [2.75, 3.05) is 0 Å². The van der Waals surface area contributed by atoms with E-state index < -0.39 is 0 Å². The number of phenols is 1. The van der Waals surface area contributed by atoms with E-state index in [-0.39, 0.29) is 5.41 Å². The van der Waals surface area contributed by atoms with E-state index in [2.05, 4.69) is 37.1 Å². The van der Waals surface area contributed by atoms with E-state index in [4.69, 9.17) is 10.2 Å². The van der Waals surface area contributed by atoms with Gasteiger partial charge in [0.25, 0.3) is 0 Å². The van der Waals surface area contributed by atoms with Crippen LogP contribution in [0.4, 0.5) is 0 Å². The third-order valence-electron chi connectivity index (χ3n) is 9.16. The van der Waals surface area contributed by atoms with Gasteiger partial charge in [0, 0.05) is 16.7 Å². The highest BCUT2D eigenvalue weighted by Crippen LogP contribution is 2.60. The van der Waals surface area contributed by atoms with Gasteiger partial charge in [0.2, 0.25) is 0 Å². The minimum Gasteiger partial charge on any atom is -0.508 e. The largest absolute Gasteiger partial charge is 0.508 e. The van der Waals surface area contributed by atoms with Gasteiger partial charge in [0.05, 0.1) is 23.3 Å². The highest BCUT2D eigenvalue weighted by molar-refractivity contribution is 5.93. The number of aromatic hydroxyl groups is 1. The molecule has 1 N–H and O–H groups in total. The van der Waals surface area contributed by atoms with E-state index in [1.54, 1.807) is 0 Å². The quantitative estimate of drug-likeness (QED) is 0.352. The Morgan fingerprint density at radius 1 is 1.06 bits per heavy atom. The normalized spacial score (nSPS) is 28.8. The lowest BCUT2D eigenvalue weighted by atomic mass is 9.55. The molecule has 6 rings (SSSR count). The molecule has 0 unspecified atom stereocenters. The van der Waals surface area contributed by atoms with Crippen LogP contribution < -0.4 is 0 Å². The molecule has 2 saturated carbocycles. The van der Waals surface area contributed by atoms with Gasteiger partial charge in [-0.2, -0.15) is 15.3 Å². The minimum absolute atomic E-state index is 0.144. The van der Waals surface area contributed by atoms with Gasteiger partial charge in [-0.05, 0) is 106 Å². The first-order valence-electron chi connectivity index (χ1n) is 13.0. The fraction of sp³-hybridized carbons (Fsp3) is 0.433. The number of fused-ring (bicyclic) bond motifs is 5. The lowest BCUT2D eigenvalue weighted by Crippen LogP contribution is -2.42. The zero-order chi connectivity index (χ0) is 24.2. The van der Waals surface area contributed by atoms with E-state index in [9.17, 15) is 5.11 Å². The second-order valence-electron chi connectivity index (χ2n) is 10.9. The van der Waals surface area contributed by atoms with Crippen molar-refractivity contribution in [1.82, 2.24) is 9.78 Å². The van der Waals surface area contributed by atoms with Gasteiger partial charge in [-0.15, -0.1) is 0 Å². The van der Waals surface area contributed by atoms with Gasteiger partial charge >= 0.3 is 0 Å². The molecule has 0 radical (unpaired) electrons. The number of aromatic nitrogens is 2. The molecule has 3 aromatic rings. The van der Waals surface area contributed by atoms with E-state index in [0.717, 1.165) is 41.9 Å². The van der Waals surface area contributed by atoms with Crippen LogP contribution in [0.25, 0.3) is 5.69 Å².